The second-order valence-electron chi connectivity index (χ2n) is 3.70. The van der Waals surface area contributed by atoms with Gasteiger partial charge < -0.3 is 9.72 Å². The lowest BCUT2D eigenvalue weighted by atomic mass is 10.2. The summed E-state index contributed by atoms with van der Waals surface area (Å²) in [6.07, 6.45) is 1.42. The van der Waals surface area contributed by atoms with E-state index >= 15 is 0 Å². The van der Waals surface area contributed by atoms with Crippen LogP contribution in [0.15, 0.2) is 35.6 Å². The van der Waals surface area contributed by atoms with E-state index in [4.69, 9.17) is 4.74 Å². The summed E-state index contributed by atoms with van der Waals surface area (Å²) < 4.78 is 18.3. The summed E-state index contributed by atoms with van der Waals surface area (Å²) in [5.41, 5.74) is 0.902. The van der Waals surface area contributed by atoms with Crippen molar-refractivity contribution in [3.8, 4) is 0 Å². The largest absolute Gasteiger partial charge is 0.461 e. The molecule has 0 aliphatic carbocycles. The van der Waals surface area contributed by atoms with Gasteiger partial charge >= 0.3 is 5.97 Å². The van der Waals surface area contributed by atoms with Gasteiger partial charge in [-0.2, -0.15) is 0 Å². The van der Waals surface area contributed by atoms with Crippen molar-refractivity contribution in [1.82, 2.24) is 9.97 Å². The van der Waals surface area contributed by atoms with Crippen molar-refractivity contribution < 1.29 is 13.9 Å². The molecule has 2 aromatic rings. The maximum absolute atomic E-state index is 13.4. The molecular formula is C13H13FN2O2S. The summed E-state index contributed by atoms with van der Waals surface area (Å²) in [6, 6.07) is 6.57. The third-order valence-electron chi connectivity index (χ3n) is 2.37. The molecule has 1 heterocycles. The molecule has 1 aromatic heterocycles. The molecule has 1 aromatic carbocycles. The minimum absolute atomic E-state index is 0.243. The molecule has 0 amide bonds. The third kappa shape index (κ3) is 3.57. The fourth-order valence-electron chi connectivity index (χ4n) is 1.45. The number of esters is 1. The molecule has 6 heteroatoms. The Morgan fingerprint density at radius 2 is 2.26 bits per heavy atom. The molecule has 0 unspecified atom stereocenters. The Bertz CT molecular complexity index is 571. The summed E-state index contributed by atoms with van der Waals surface area (Å²) in [7, 11) is 0. The van der Waals surface area contributed by atoms with Crippen LogP contribution in [0.5, 0.6) is 0 Å². The van der Waals surface area contributed by atoms with Crippen LogP contribution in [0.3, 0.4) is 0 Å². The number of benzene rings is 1. The molecule has 0 saturated heterocycles. The summed E-state index contributed by atoms with van der Waals surface area (Å²) >= 11 is 1.33. The SMILES string of the molecule is CCOC(=O)c1cnc(SCc2ccccc2F)[nH]1. The summed E-state index contributed by atoms with van der Waals surface area (Å²) in [6.45, 7) is 2.05. The molecule has 0 fully saturated rings. The lowest BCUT2D eigenvalue weighted by Gasteiger charge is -2.00. The molecular weight excluding hydrogens is 267 g/mol. The fraction of sp³-hybridized carbons (Fsp3) is 0.231. The van der Waals surface area contributed by atoms with E-state index in [2.05, 4.69) is 9.97 Å². The smallest absolute Gasteiger partial charge is 0.356 e. The minimum atomic E-state index is -0.437. The Balaban J connectivity index is 1.97. The van der Waals surface area contributed by atoms with E-state index < -0.39 is 5.97 Å². The van der Waals surface area contributed by atoms with Crippen molar-refractivity contribution >= 4 is 17.7 Å². The number of ether oxygens (including phenoxy) is 1. The standard InChI is InChI=1S/C13H13FN2O2S/c1-2-18-12(17)11-7-15-13(16-11)19-8-9-5-3-4-6-10(9)14/h3-7H,2,8H2,1H3,(H,15,16). The van der Waals surface area contributed by atoms with Crippen LogP contribution in [-0.4, -0.2) is 22.5 Å². The predicted octanol–water partition coefficient (Wildman–Crippen LogP) is 3.02. The Morgan fingerprint density at radius 1 is 1.47 bits per heavy atom. The molecule has 2 rings (SSSR count). The van der Waals surface area contributed by atoms with Crippen molar-refractivity contribution in [2.45, 2.75) is 17.8 Å². The normalized spacial score (nSPS) is 10.4. The number of nitrogens with one attached hydrogen (secondary N) is 1. The van der Waals surface area contributed by atoms with Crippen molar-refractivity contribution in [2.24, 2.45) is 0 Å². The van der Waals surface area contributed by atoms with E-state index in [-0.39, 0.29) is 5.82 Å². The van der Waals surface area contributed by atoms with Gasteiger partial charge in [-0.3, -0.25) is 0 Å². The molecule has 100 valence electrons. The number of thioether (sulfide) groups is 1. The molecule has 4 nitrogen and oxygen atoms in total. The van der Waals surface area contributed by atoms with Crippen LogP contribution in [-0.2, 0) is 10.5 Å². The Labute approximate surface area is 114 Å². The van der Waals surface area contributed by atoms with Crippen LogP contribution in [0, 0.1) is 5.82 Å². The number of carbonyl (C=O) groups is 1. The lowest BCUT2D eigenvalue weighted by molar-refractivity contribution is 0.0519. The zero-order valence-corrected chi connectivity index (χ0v) is 11.2. The second kappa shape index (κ2) is 6.38. The summed E-state index contributed by atoms with van der Waals surface area (Å²) in [5.74, 6) is -0.234. The Kier molecular flexibility index (Phi) is 4.57. The van der Waals surface area contributed by atoms with Crippen molar-refractivity contribution in [1.29, 1.82) is 0 Å². The van der Waals surface area contributed by atoms with E-state index in [0.29, 0.717) is 28.8 Å². The summed E-state index contributed by atoms with van der Waals surface area (Å²) in [4.78, 5) is 18.3. The average Bonchev–Trinajstić information content (AvgIpc) is 2.87. The topological polar surface area (TPSA) is 55.0 Å². The monoisotopic (exact) mass is 280 g/mol. The van der Waals surface area contributed by atoms with Gasteiger partial charge in [-0.05, 0) is 18.6 Å². The molecule has 19 heavy (non-hydrogen) atoms. The van der Waals surface area contributed by atoms with Gasteiger partial charge in [0.05, 0.1) is 12.8 Å². The average molecular weight is 280 g/mol. The zero-order valence-electron chi connectivity index (χ0n) is 10.4. The van der Waals surface area contributed by atoms with Gasteiger partial charge in [0.1, 0.15) is 11.5 Å². The van der Waals surface area contributed by atoms with Crippen molar-refractivity contribution in [2.75, 3.05) is 6.61 Å². The Hall–Kier alpha value is -1.82. The molecule has 0 aliphatic heterocycles. The highest BCUT2D eigenvalue weighted by Crippen LogP contribution is 2.21. The van der Waals surface area contributed by atoms with Gasteiger partial charge in [0.2, 0.25) is 0 Å². The van der Waals surface area contributed by atoms with Gasteiger partial charge in [-0.15, -0.1) is 0 Å². The van der Waals surface area contributed by atoms with Crippen molar-refractivity contribution in [3.63, 3.8) is 0 Å². The minimum Gasteiger partial charge on any atom is -0.461 e. The molecule has 0 atom stereocenters. The quantitative estimate of drug-likeness (QED) is 0.675. The maximum atomic E-state index is 13.4. The zero-order chi connectivity index (χ0) is 13.7. The predicted molar refractivity (Wildman–Crippen MR) is 70.5 cm³/mol. The molecule has 1 N–H and O–H groups in total. The molecule has 0 spiro atoms. The first-order chi connectivity index (χ1) is 9.20. The number of imidazole rings is 1. The van der Waals surface area contributed by atoms with E-state index in [0.717, 1.165) is 0 Å². The fourth-order valence-corrected chi connectivity index (χ4v) is 2.29. The maximum Gasteiger partial charge on any atom is 0.356 e. The second-order valence-corrected chi connectivity index (χ2v) is 4.67. The van der Waals surface area contributed by atoms with E-state index in [1.54, 1.807) is 25.1 Å². The van der Waals surface area contributed by atoms with Crippen LogP contribution in [0.4, 0.5) is 4.39 Å². The Morgan fingerprint density at radius 3 is 3.00 bits per heavy atom. The van der Waals surface area contributed by atoms with Crippen molar-refractivity contribution in [3.05, 3.63) is 47.5 Å². The third-order valence-corrected chi connectivity index (χ3v) is 3.31. The molecule has 0 aliphatic rings. The number of aromatic nitrogens is 2. The van der Waals surface area contributed by atoms with E-state index in [1.807, 2.05) is 0 Å². The van der Waals surface area contributed by atoms with Gasteiger partial charge in [0.25, 0.3) is 0 Å². The lowest BCUT2D eigenvalue weighted by Crippen LogP contribution is -2.04. The van der Waals surface area contributed by atoms with Crippen LogP contribution in [0.25, 0.3) is 0 Å². The van der Waals surface area contributed by atoms with E-state index in [1.165, 1.54) is 24.0 Å². The highest BCUT2D eigenvalue weighted by atomic mass is 32.2. The number of H-pyrrole nitrogens is 1. The molecule has 0 bridgehead atoms. The first kappa shape index (κ1) is 13.6. The van der Waals surface area contributed by atoms with Crippen LogP contribution in [0.2, 0.25) is 0 Å². The van der Waals surface area contributed by atoms with Crippen LogP contribution in [0.1, 0.15) is 23.0 Å². The highest BCUT2D eigenvalue weighted by molar-refractivity contribution is 7.98. The van der Waals surface area contributed by atoms with Gasteiger partial charge in [-0.25, -0.2) is 14.2 Å². The number of hydrogen-bond acceptors (Lipinski definition) is 4. The summed E-state index contributed by atoms with van der Waals surface area (Å²) in [5, 5.41) is 0.561. The van der Waals surface area contributed by atoms with E-state index in [9.17, 15) is 9.18 Å². The number of halogens is 1. The van der Waals surface area contributed by atoms with Gasteiger partial charge in [0, 0.05) is 5.75 Å². The molecule has 0 radical (unpaired) electrons. The number of hydrogen-bond donors (Lipinski definition) is 1. The highest BCUT2D eigenvalue weighted by Gasteiger charge is 2.11. The number of rotatable bonds is 5. The first-order valence-corrected chi connectivity index (χ1v) is 6.77. The number of aromatic amines is 1. The van der Waals surface area contributed by atoms with Gasteiger partial charge in [-0.1, -0.05) is 30.0 Å². The number of carbonyl (C=O) groups excluding carboxylic acids is 1. The molecule has 0 saturated carbocycles. The van der Waals surface area contributed by atoms with Crippen LogP contribution >= 0.6 is 11.8 Å². The first-order valence-electron chi connectivity index (χ1n) is 5.79. The van der Waals surface area contributed by atoms with Crippen LogP contribution < -0.4 is 0 Å². The van der Waals surface area contributed by atoms with Gasteiger partial charge in [0.15, 0.2) is 5.16 Å². The number of nitrogens with zero attached hydrogens (tertiary/aromatic N) is 1.